The zero-order valence-corrected chi connectivity index (χ0v) is 18.1. The fraction of sp³-hybridized carbons (Fsp3) is 0.591. The Labute approximate surface area is 178 Å². The third kappa shape index (κ3) is 5.95. The number of carbonyl (C=O) groups is 3. The highest BCUT2D eigenvalue weighted by molar-refractivity contribution is 5.93. The molecule has 1 aromatic carbocycles. The van der Waals surface area contributed by atoms with Crippen LogP contribution in [0.15, 0.2) is 30.3 Å². The van der Waals surface area contributed by atoms with E-state index in [1.165, 1.54) is 0 Å². The smallest absolute Gasteiger partial charge is 0.319 e. The molecule has 2 unspecified atom stereocenters. The van der Waals surface area contributed by atoms with E-state index in [0.717, 1.165) is 12.8 Å². The van der Waals surface area contributed by atoms with E-state index in [9.17, 15) is 14.4 Å². The van der Waals surface area contributed by atoms with E-state index in [1.807, 2.05) is 39.0 Å². The lowest BCUT2D eigenvalue weighted by Gasteiger charge is -2.39. The molecule has 8 nitrogen and oxygen atoms in total. The van der Waals surface area contributed by atoms with Gasteiger partial charge in [0.1, 0.15) is 6.04 Å². The average molecular weight is 416 g/mol. The summed E-state index contributed by atoms with van der Waals surface area (Å²) in [7, 11) is 0. The number of hydrogen-bond acceptors (Lipinski definition) is 4. The molecular formula is C22H33N5O3. The average Bonchev–Trinajstić information content (AvgIpc) is 3.55. The highest BCUT2D eigenvalue weighted by atomic mass is 16.2. The van der Waals surface area contributed by atoms with Crippen LogP contribution in [0.3, 0.4) is 0 Å². The summed E-state index contributed by atoms with van der Waals surface area (Å²) < 4.78 is 0. The Morgan fingerprint density at radius 2 is 1.60 bits per heavy atom. The minimum atomic E-state index is -0.601. The van der Waals surface area contributed by atoms with Crippen molar-refractivity contribution >= 4 is 23.5 Å². The lowest BCUT2D eigenvalue weighted by molar-refractivity contribution is -0.137. The molecule has 1 aromatic rings. The van der Waals surface area contributed by atoms with Crippen molar-refractivity contribution in [3.8, 4) is 0 Å². The van der Waals surface area contributed by atoms with E-state index in [0.29, 0.717) is 37.9 Å². The van der Waals surface area contributed by atoms with Gasteiger partial charge in [0.2, 0.25) is 11.8 Å². The predicted octanol–water partition coefficient (Wildman–Crippen LogP) is 1.64. The topological polar surface area (TPSA) is 93.8 Å². The van der Waals surface area contributed by atoms with Crippen molar-refractivity contribution in [2.24, 2.45) is 5.92 Å². The van der Waals surface area contributed by atoms with Crippen LogP contribution in [-0.2, 0) is 9.59 Å². The molecule has 30 heavy (non-hydrogen) atoms. The molecular weight excluding hydrogens is 382 g/mol. The maximum atomic E-state index is 13.1. The number of para-hydroxylation sites is 1. The minimum Gasteiger partial charge on any atom is -0.352 e. The largest absolute Gasteiger partial charge is 0.352 e. The van der Waals surface area contributed by atoms with Crippen LogP contribution in [0.25, 0.3) is 0 Å². The molecule has 0 bridgehead atoms. The molecule has 2 aliphatic rings. The van der Waals surface area contributed by atoms with Crippen molar-refractivity contribution < 1.29 is 14.4 Å². The predicted molar refractivity (Wildman–Crippen MR) is 116 cm³/mol. The van der Waals surface area contributed by atoms with Gasteiger partial charge in [-0.3, -0.25) is 14.5 Å². The van der Waals surface area contributed by atoms with Crippen LogP contribution < -0.4 is 16.0 Å². The van der Waals surface area contributed by atoms with Crippen molar-refractivity contribution in [3.63, 3.8) is 0 Å². The van der Waals surface area contributed by atoms with E-state index in [1.54, 1.807) is 17.0 Å². The van der Waals surface area contributed by atoms with Crippen LogP contribution in [0.2, 0.25) is 0 Å². The number of rotatable bonds is 7. The first-order valence-electron chi connectivity index (χ1n) is 10.8. The lowest BCUT2D eigenvalue weighted by atomic mass is 10.0. The number of nitrogens with one attached hydrogen (secondary N) is 3. The van der Waals surface area contributed by atoms with E-state index in [-0.39, 0.29) is 23.8 Å². The molecule has 1 aliphatic carbocycles. The summed E-state index contributed by atoms with van der Waals surface area (Å²) in [4.78, 5) is 41.6. The Morgan fingerprint density at radius 1 is 0.967 bits per heavy atom. The van der Waals surface area contributed by atoms with Gasteiger partial charge in [-0.15, -0.1) is 0 Å². The number of amides is 4. The highest BCUT2D eigenvalue weighted by Gasteiger charge is 2.34. The van der Waals surface area contributed by atoms with Crippen molar-refractivity contribution in [3.05, 3.63) is 30.3 Å². The molecule has 0 radical (unpaired) electrons. The molecule has 1 aliphatic heterocycles. The molecule has 2 atom stereocenters. The molecule has 4 amide bonds. The van der Waals surface area contributed by atoms with Gasteiger partial charge < -0.3 is 20.9 Å². The molecule has 0 aromatic heterocycles. The van der Waals surface area contributed by atoms with Crippen molar-refractivity contribution in [2.75, 3.05) is 31.5 Å². The Kier molecular flexibility index (Phi) is 7.31. The van der Waals surface area contributed by atoms with Gasteiger partial charge in [-0.05, 0) is 37.8 Å². The number of benzene rings is 1. The quantitative estimate of drug-likeness (QED) is 0.631. The van der Waals surface area contributed by atoms with Crippen LogP contribution in [0, 0.1) is 5.92 Å². The van der Waals surface area contributed by atoms with Crippen LogP contribution in [0.4, 0.5) is 10.5 Å². The van der Waals surface area contributed by atoms with Crippen molar-refractivity contribution in [1.82, 2.24) is 20.4 Å². The zero-order chi connectivity index (χ0) is 21.7. The van der Waals surface area contributed by atoms with Gasteiger partial charge in [0.25, 0.3) is 0 Å². The monoisotopic (exact) mass is 415 g/mol. The third-order valence-corrected chi connectivity index (χ3v) is 5.73. The van der Waals surface area contributed by atoms with Crippen LogP contribution >= 0.6 is 0 Å². The minimum absolute atomic E-state index is 0.0414. The van der Waals surface area contributed by atoms with Gasteiger partial charge in [0.05, 0.1) is 6.04 Å². The number of nitrogens with zero attached hydrogens (tertiary/aromatic N) is 2. The number of anilines is 1. The fourth-order valence-electron chi connectivity index (χ4n) is 3.59. The summed E-state index contributed by atoms with van der Waals surface area (Å²) in [6, 6.07) is 8.31. The molecule has 3 N–H and O–H groups in total. The first-order valence-corrected chi connectivity index (χ1v) is 10.8. The van der Waals surface area contributed by atoms with Gasteiger partial charge in [-0.1, -0.05) is 32.0 Å². The van der Waals surface area contributed by atoms with Crippen molar-refractivity contribution in [2.45, 2.75) is 51.7 Å². The maximum absolute atomic E-state index is 13.1. The van der Waals surface area contributed by atoms with Crippen molar-refractivity contribution in [1.29, 1.82) is 0 Å². The third-order valence-electron chi connectivity index (χ3n) is 5.73. The highest BCUT2D eigenvalue weighted by Crippen LogP contribution is 2.19. The maximum Gasteiger partial charge on any atom is 0.319 e. The molecule has 1 saturated heterocycles. The molecule has 164 valence electrons. The zero-order valence-electron chi connectivity index (χ0n) is 18.1. The second-order valence-electron chi connectivity index (χ2n) is 8.51. The van der Waals surface area contributed by atoms with Crippen LogP contribution in [0.5, 0.6) is 0 Å². The fourth-order valence-corrected chi connectivity index (χ4v) is 3.59. The summed E-state index contributed by atoms with van der Waals surface area (Å²) in [5, 5.41) is 8.63. The van der Waals surface area contributed by atoms with Gasteiger partial charge in [-0.25, -0.2) is 4.79 Å². The number of carbonyl (C=O) groups excluding carboxylic acids is 3. The molecule has 3 rings (SSSR count). The first-order chi connectivity index (χ1) is 14.3. The van der Waals surface area contributed by atoms with E-state index >= 15 is 0 Å². The second kappa shape index (κ2) is 9.93. The van der Waals surface area contributed by atoms with Gasteiger partial charge in [-0.2, -0.15) is 0 Å². The Bertz CT molecular complexity index is 742. The van der Waals surface area contributed by atoms with Gasteiger partial charge in [0, 0.05) is 37.9 Å². The number of urea groups is 1. The second-order valence-corrected chi connectivity index (χ2v) is 8.51. The molecule has 8 heteroatoms. The number of hydrogen-bond donors (Lipinski definition) is 3. The first kappa shape index (κ1) is 22.1. The summed E-state index contributed by atoms with van der Waals surface area (Å²) >= 11 is 0. The SMILES string of the molecule is CC(C)C(NC(=O)Nc1ccccc1)C(=O)N1CCN(C(C)C(=O)NC2CC2)CC1. The Balaban J connectivity index is 1.50. The van der Waals surface area contributed by atoms with Gasteiger partial charge in [0.15, 0.2) is 0 Å². The van der Waals surface area contributed by atoms with Crippen LogP contribution in [0.1, 0.15) is 33.6 Å². The summed E-state index contributed by atoms with van der Waals surface area (Å²) in [6.07, 6.45) is 2.14. The summed E-state index contributed by atoms with van der Waals surface area (Å²) in [5.41, 5.74) is 0.678. The van der Waals surface area contributed by atoms with E-state index in [4.69, 9.17) is 0 Å². The van der Waals surface area contributed by atoms with Gasteiger partial charge >= 0.3 is 6.03 Å². The Hall–Kier alpha value is -2.61. The van der Waals surface area contributed by atoms with Crippen LogP contribution in [-0.4, -0.2) is 71.9 Å². The normalized spacial score (nSPS) is 19.1. The molecule has 1 saturated carbocycles. The number of piperazine rings is 1. The summed E-state index contributed by atoms with van der Waals surface area (Å²) in [5.74, 6) is -0.0557. The standard InChI is InChI=1S/C22H33N5O3/c1-15(2)19(25-22(30)24-17-7-5-4-6-8-17)21(29)27-13-11-26(12-14-27)16(3)20(28)23-18-9-10-18/h4-8,15-16,18-19H,9-14H2,1-3H3,(H,23,28)(H2,24,25,30). The molecule has 0 spiro atoms. The van der Waals surface area contributed by atoms with E-state index < -0.39 is 12.1 Å². The molecule has 1 heterocycles. The lowest BCUT2D eigenvalue weighted by Crippen LogP contribution is -2.59. The summed E-state index contributed by atoms with van der Waals surface area (Å²) in [6.45, 7) is 8.15. The Morgan fingerprint density at radius 3 is 2.17 bits per heavy atom. The van der Waals surface area contributed by atoms with E-state index in [2.05, 4.69) is 20.9 Å². The molecule has 2 fully saturated rings.